The second-order valence-electron chi connectivity index (χ2n) is 5.19. The molecule has 0 saturated heterocycles. The van der Waals surface area contributed by atoms with Crippen molar-refractivity contribution in [2.45, 2.75) is 18.1 Å². The molecule has 0 aliphatic heterocycles. The average molecular weight is 346 g/mol. The van der Waals surface area contributed by atoms with Gasteiger partial charge in [-0.3, -0.25) is 4.79 Å². The largest absolute Gasteiger partial charge is 0.349 e. The summed E-state index contributed by atoms with van der Waals surface area (Å²) in [4.78, 5) is 19.7. The first-order valence-corrected chi connectivity index (χ1v) is 8.60. The molecule has 0 radical (unpaired) electrons. The van der Waals surface area contributed by atoms with Gasteiger partial charge in [0, 0.05) is 5.02 Å². The third kappa shape index (κ3) is 4.06. The van der Waals surface area contributed by atoms with Crippen molar-refractivity contribution >= 4 is 40.3 Å². The molecule has 4 nitrogen and oxygen atoms in total. The fourth-order valence-electron chi connectivity index (χ4n) is 2.27. The van der Waals surface area contributed by atoms with Crippen molar-refractivity contribution in [3.63, 3.8) is 0 Å². The summed E-state index contributed by atoms with van der Waals surface area (Å²) in [6.45, 7) is 1.97. The first-order valence-electron chi connectivity index (χ1n) is 7.24. The normalized spacial score (nSPS) is 12.3. The second-order valence-corrected chi connectivity index (χ2v) is 6.59. The molecule has 2 N–H and O–H groups in total. The van der Waals surface area contributed by atoms with E-state index < -0.39 is 0 Å². The minimum Gasteiger partial charge on any atom is -0.349 e. The van der Waals surface area contributed by atoms with Crippen LogP contribution >= 0.6 is 23.4 Å². The van der Waals surface area contributed by atoms with Gasteiger partial charge in [-0.2, -0.15) is 0 Å². The highest BCUT2D eigenvalue weighted by Gasteiger charge is 2.11. The number of carbonyl (C=O) groups excluding carboxylic acids is 1. The molecule has 3 aromatic rings. The Hall–Kier alpha value is -1.98. The van der Waals surface area contributed by atoms with E-state index in [-0.39, 0.29) is 11.9 Å². The Kier molecular flexibility index (Phi) is 4.88. The molecule has 1 atom stereocenters. The Morgan fingerprint density at radius 1 is 1.30 bits per heavy atom. The number of H-pyrrole nitrogens is 1. The molecule has 6 heteroatoms. The van der Waals surface area contributed by atoms with E-state index >= 15 is 0 Å². The number of carbonyl (C=O) groups is 1. The van der Waals surface area contributed by atoms with Crippen LogP contribution in [0.15, 0.2) is 53.7 Å². The van der Waals surface area contributed by atoms with Crippen molar-refractivity contribution in [2.24, 2.45) is 0 Å². The number of nitrogens with one attached hydrogen (secondary N) is 2. The molecule has 3 rings (SSSR count). The molecule has 0 aliphatic rings. The lowest BCUT2D eigenvalue weighted by Gasteiger charge is -2.13. The van der Waals surface area contributed by atoms with Crippen molar-refractivity contribution in [2.75, 3.05) is 5.75 Å². The SMILES string of the molecule is C[C@H](NC(=O)CSc1nc2ccc(Cl)cc2[nH]1)c1ccccc1. The zero-order valence-corrected chi connectivity index (χ0v) is 14.1. The van der Waals surface area contributed by atoms with Gasteiger partial charge in [0.15, 0.2) is 5.16 Å². The van der Waals surface area contributed by atoms with E-state index in [0.717, 1.165) is 16.6 Å². The minimum absolute atomic E-state index is 0.0150. The fraction of sp³-hybridized carbons (Fsp3) is 0.176. The number of benzene rings is 2. The number of imidazole rings is 1. The molecule has 23 heavy (non-hydrogen) atoms. The number of halogens is 1. The van der Waals surface area contributed by atoms with Gasteiger partial charge in [-0.25, -0.2) is 4.98 Å². The summed E-state index contributed by atoms with van der Waals surface area (Å²) in [5.41, 5.74) is 2.80. The van der Waals surface area contributed by atoms with Gasteiger partial charge in [-0.05, 0) is 30.7 Å². The number of aromatic nitrogens is 2. The van der Waals surface area contributed by atoms with E-state index in [1.165, 1.54) is 11.8 Å². The van der Waals surface area contributed by atoms with Crippen molar-refractivity contribution < 1.29 is 4.79 Å². The van der Waals surface area contributed by atoms with Crippen LogP contribution in [0.5, 0.6) is 0 Å². The Morgan fingerprint density at radius 3 is 2.87 bits per heavy atom. The summed E-state index contributed by atoms with van der Waals surface area (Å²) in [6, 6.07) is 15.4. The van der Waals surface area contributed by atoms with Gasteiger partial charge < -0.3 is 10.3 Å². The smallest absolute Gasteiger partial charge is 0.230 e. The van der Waals surface area contributed by atoms with Crippen LogP contribution in [-0.2, 0) is 4.79 Å². The summed E-state index contributed by atoms with van der Waals surface area (Å²) in [5.74, 6) is 0.287. The van der Waals surface area contributed by atoms with E-state index in [0.29, 0.717) is 15.9 Å². The van der Waals surface area contributed by atoms with Crippen molar-refractivity contribution in [1.29, 1.82) is 0 Å². The molecule has 1 amide bonds. The molecule has 2 aromatic carbocycles. The topological polar surface area (TPSA) is 57.8 Å². The second kappa shape index (κ2) is 7.06. The predicted octanol–water partition coefficient (Wildman–Crippen LogP) is 4.19. The third-order valence-electron chi connectivity index (χ3n) is 3.44. The fourth-order valence-corrected chi connectivity index (χ4v) is 3.14. The van der Waals surface area contributed by atoms with Crippen LogP contribution in [-0.4, -0.2) is 21.6 Å². The zero-order valence-electron chi connectivity index (χ0n) is 12.5. The van der Waals surface area contributed by atoms with Crippen molar-refractivity contribution in [3.05, 3.63) is 59.1 Å². The van der Waals surface area contributed by atoms with Gasteiger partial charge in [0.2, 0.25) is 5.91 Å². The van der Waals surface area contributed by atoms with E-state index in [2.05, 4.69) is 15.3 Å². The number of nitrogens with zero attached hydrogens (tertiary/aromatic N) is 1. The molecule has 0 fully saturated rings. The first-order chi connectivity index (χ1) is 11.1. The maximum absolute atomic E-state index is 12.1. The van der Waals surface area contributed by atoms with Gasteiger partial charge in [0.05, 0.1) is 22.8 Å². The lowest BCUT2D eigenvalue weighted by Crippen LogP contribution is -2.28. The van der Waals surface area contributed by atoms with Gasteiger partial charge in [-0.1, -0.05) is 53.7 Å². The lowest BCUT2D eigenvalue weighted by atomic mass is 10.1. The summed E-state index contributed by atoms with van der Waals surface area (Å²) in [5, 5.41) is 4.36. The summed E-state index contributed by atoms with van der Waals surface area (Å²) >= 11 is 7.33. The van der Waals surface area contributed by atoms with Gasteiger partial charge in [-0.15, -0.1) is 0 Å². The quantitative estimate of drug-likeness (QED) is 0.682. The highest BCUT2D eigenvalue weighted by molar-refractivity contribution is 7.99. The van der Waals surface area contributed by atoms with Crippen LogP contribution < -0.4 is 5.32 Å². The van der Waals surface area contributed by atoms with Crippen LogP contribution in [0.25, 0.3) is 11.0 Å². The highest BCUT2D eigenvalue weighted by atomic mass is 35.5. The summed E-state index contributed by atoms with van der Waals surface area (Å²) in [7, 11) is 0. The number of aromatic amines is 1. The summed E-state index contributed by atoms with van der Waals surface area (Å²) in [6.07, 6.45) is 0. The zero-order chi connectivity index (χ0) is 16.2. The summed E-state index contributed by atoms with van der Waals surface area (Å²) < 4.78 is 0. The van der Waals surface area contributed by atoms with Crippen LogP contribution in [0.3, 0.4) is 0 Å². The Balaban J connectivity index is 1.57. The van der Waals surface area contributed by atoms with E-state index in [4.69, 9.17) is 11.6 Å². The van der Waals surface area contributed by atoms with Crippen LogP contribution in [0, 0.1) is 0 Å². The standard InChI is InChI=1S/C17H16ClN3OS/c1-11(12-5-3-2-4-6-12)19-16(22)10-23-17-20-14-8-7-13(18)9-15(14)21-17/h2-9,11H,10H2,1H3,(H,19,22)(H,20,21)/t11-/m0/s1. The van der Waals surface area contributed by atoms with Crippen molar-refractivity contribution in [3.8, 4) is 0 Å². The molecule has 0 spiro atoms. The maximum atomic E-state index is 12.1. The molecule has 0 unspecified atom stereocenters. The molecular formula is C17H16ClN3OS. The predicted molar refractivity (Wildman–Crippen MR) is 94.8 cm³/mol. The molecule has 0 aliphatic carbocycles. The number of fused-ring (bicyclic) bond motifs is 1. The Bertz CT molecular complexity index is 819. The number of rotatable bonds is 5. The minimum atomic E-state index is -0.0233. The van der Waals surface area contributed by atoms with E-state index in [1.54, 1.807) is 6.07 Å². The molecule has 0 saturated carbocycles. The number of hydrogen-bond donors (Lipinski definition) is 2. The molecule has 1 aromatic heterocycles. The average Bonchev–Trinajstić information content (AvgIpc) is 2.95. The lowest BCUT2D eigenvalue weighted by molar-refractivity contribution is -0.119. The molecule has 118 valence electrons. The number of hydrogen-bond acceptors (Lipinski definition) is 3. The van der Waals surface area contributed by atoms with Crippen LogP contribution in [0.4, 0.5) is 0 Å². The van der Waals surface area contributed by atoms with Gasteiger partial charge in [0.1, 0.15) is 0 Å². The molecular weight excluding hydrogens is 330 g/mol. The Labute approximate surface area is 143 Å². The first kappa shape index (κ1) is 15.9. The van der Waals surface area contributed by atoms with E-state index in [9.17, 15) is 4.79 Å². The van der Waals surface area contributed by atoms with Gasteiger partial charge in [0.25, 0.3) is 0 Å². The monoisotopic (exact) mass is 345 g/mol. The number of amides is 1. The van der Waals surface area contributed by atoms with Crippen molar-refractivity contribution in [1.82, 2.24) is 15.3 Å². The van der Waals surface area contributed by atoms with Gasteiger partial charge >= 0.3 is 0 Å². The molecule has 0 bridgehead atoms. The highest BCUT2D eigenvalue weighted by Crippen LogP contribution is 2.22. The Morgan fingerprint density at radius 2 is 2.09 bits per heavy atom. The van der Waals surface area contributed by atoms with Crippen LogP contribution in [0.2, 0.25) is 5.02 Å². The maximum Gasteiger partial charge on any atom is 0.230 e. The third-order valence-corrected chi connectivity index (χ3v) is 4.55. The van der Waals surface area contributed by atoms with E-state index in [1.807, 2.05) is 49.4 Å². The number of thioether (sulfide) groups is 1. The van der Waals surface area contributed by atoms with Crippen LogP contribution in [0.1, 0.15) is 18.5 Å². The molecule has 1 heterocycles.